The molecule has 6 fully saturated rings. The van der Waals surface area contributed by atoms with Crippen LogP contribution >= 0.6 is 0 Å². The first-order chi connectivity index (χ1) is 13.0. The van der Waals surface area contributed by atoms with Crippen molar-refractivity contribution >= 4 is 12.0 Å². The second-order valence-electron chi connectivity index (χ2n) is 9.94. The van der Waals surface area contributed by atoms with E-state index < -0.39 is 6.09 Å². The van der Waals surface area contributed by atoms with Crippen LogP contribution in [0.4, 0.5) is 4.79 Å². The Balaban J connectivity index is 1.16. The Morgan fingerprint density at radius 2 is 1.85 bits per heavy atom. The molecule has 4 heterocycles. The lowest BCUT2D eigenvalue weighted by Gasteiger charge is -2.61. The molecule has 1 N–H and O–H groups in total. The molecule has 3 atom stereocenters. The van der Waals surface area contributed by atoms with E-state index in [4.69, 9.17) is 0 Å². The third-order valence-electron chi connectivity index (χ3n) is 8.87. The van der Waals surface area contributed by atoms with E-state index in [0.717, 1.165) is 51.7 Å². The molecule has 0 radical (unpaired) electrons. The van der Waals surface area contributed by atoms with Crippen molar-refractivity contribution in [2.75, 3.05) is 26.2 Å². The standard InChI is InChI=1S/C21H33N3O3/c1-2-20-7-4-16(14-24(20)19(26)27)17(11-20)22-12-15(13-22)10-18(25)23-9-8-21(23)5-3-6-21/h15-17H,2-14H2,1H3,(H,26,27). The Morgan fingerprint density at radius 3 is 2.41 bits per heavy atom. The van der Waals surface area contributed by atoms with Crippen LogP contribution in [0.25, 0.3) is 0 Å². The van der Waals surface area contributed by atoms with Gasteiger partial charge in [-0.25, -0.2) is 4.79 Å². The van der Waals surface area contributed by atoms with Crippen LogP contribution in [0.2, 0.25) is 0 Å². The fourth-order valence-electron chi connectivity index (χ4n) is 6.81. The smallest absolute Gasteiger partial charge is 0.407 e. The van der Waals surface area contributed by atoms with Crippen molar-refractivity contribution in [1.82, 2.24) is 14.7 Å². The van der Waals surface area contributed by atoms with Crippen LogP contribution in [0, 0.1) is 11.8 Å². The van der Waals surface area contributed by atoms with Crippen LogP contribution in [-0.4, -0.2) is 75.1 Å². The Labute approximate surface area is 161 Å². The lowest BCUT2D eigenvalue weighted by Crippen LogP contribution is -2.69. The molecular weight excluding hydrogens is 342 g/mol. The molecule has 2 aliphatic carbocycles. The largest absolute Gasteiger partial charge is 0.465 e. The highest BCUT2D eigenvalue weighted by atomic mass is 16.4. The average molecular weight is 376 g/mol. The van der Waals surface area contributed by atoms with E-state index in [1.807, 2.05) is 0 Å². The summed E-state index contributed by atoms with van der Waals surface area (Å²) in [5, 5.41) is 9.61. The number of rotatable bonds is 4. The van der Waals surface area contributed by atoms with Gasteiger partial charge in [0.2, 0.25) is 5.91 Å². The maximum absolute atomic E-state index is 12.7. The number of nitrogens with zero attached hydrogens (tertiary/aromatic N) is 3. The van der Waals surface area contributed by atoms with Gasteiger partial charge in [-0.2, -0.15) is 0 Å². The minimum absolute atomic E-state index is 0.152. The first-order valence-corrected chi connectivity index (χ1v) is 11.0. The number of hydrogen-bond donors (Lipinski definition) is 1. The summed E-state index contributed by atoms with van der Waals surface area (Å²) < 4.78 is 0. The summed E-state index contributed by atoms with van der Waals surface area (Å²) in [7, 11) is 0. The van der Waals surface area contributed by atoms with Gasteiger partial charge in [0.25, 0.3) is 0 Å². The summed E-state index contributed by atoms with van der Waals surface area (Å²) in [5.74, 6) is 1.36. The maximum atomic E-state index is 12.7. The predicted molar refractivity (Wildman–Crippen MR) is 101 cm³/mol. The molecule has 6 nitrogen and oxygen atoms in total. The third kappa shape index (κ3) is 2.55. The van der Waals surface area contributed by atoms with E-state index in [2.05, 4.69) is 16.7 Å². The summed E-state index contributed by atoms with van der Waals surface area (Å²) in [6.07, 6.45) is 8.99. The van der Waals surface area contributed by atoms with Gasteiger partial charge < -0.3 is 14.9 Å². The van der Waals surface area contributed by atoms with Gasteiger partial charge >= 0.3 is 6.09 Å². The Bertz CT molecular complexity index is 637. The van der Waals surface area contributed by atoms with Crippen LogP contribution in [0.1, 0.15) is 64.7 Å². The molecule has 27 heavy (non-hydrogen) atoms. The zero-order chi connectivity index (χ0) is 18.8. The van der Waals surface area contributed by atoms with E-state index in [-0.39, 0.29) is 11.1 Å². The van der Waals surface area contributed by atoms with Gasteiger partial charge in [-0.1, -0.05) is 6.92 Å². The van der Waals surface area contributed by atoms with Gasteiger partial charge in [-0.05, 0) is 63.2 Å². The van der Waals surface area contributed by atoms with Crippen LogP contribution in [-0.2, 0) is 4.79 Å². The number of carbonyl (C=O) groups excluding carboxylic acids is 1. The molecule has 2 saturated carbocycles. The van der Waals surface area contributed by atoms with Gasteiger partial charge in [0.1, 0.15) is 0 Å². The van der Waals surface area contributed by atoms with Crippen molar-refractivity contribution in [2.24, 2.45) is 11.8 Å². The fraction of sp³-hybridized carbons (Fsp3) is 0.905. The summed E-state index contributed by atoms with van der Waals surface area (Å²) in [6.45, 7) is 5.87. The van der Waals surface area contributed by atoms with E-state index >= 15 is 0 Å². The zero-order valence-electron chi connectivity index (χ0n) is 16.5. The SMILES string of the molecule is CCC12CCC(CN1C(=O)O)C(N1CC(CC(=O)N3CCC34CCC4)C1)C2. The van der Waals surface area contributed by atoms with Gasteiger partial charge in [0.05, 0.1) is 0 Å². The number of carboxylic acid groups (broad SMARTS) is 1. The molecule has 4 saturated heterocycles. The number of likely N-dealkylation sites (tertiary alicyclic amines) is 2. The highest BCUT2D eigenvalue weighted by molar-refractivity contribution is 5.78. The number of carbonyl (C=O) groups is 2. The quantitative estimate of drug-likeness (QED) is 0.821. The molecule has 0 aromatic carbocycles. The first-order valence-electron chi connectivity index (χ1n) is 11.0. The second-order valence-corrected chi connectivity index (χ2v) is 9.94. The highest BCUT2D eigenvalue weighted by Gasteiger charge is 2.55. The molecule has 6 rings (SSSR count). The first kappa shape index (κ1) is 17.8. The zero-order valence-corrected chi connectivity index (χ0v) is 16.5. The topological polar surface area (TPSA) is 64.1 Å². The monoisotopic (exact) mass is 375 g/mol. The van der Waals surface area contributed by atoms with E-state index in [1.54, 1.807) is 4.90 Å². The van der Waals surface area contributed by atoms with E-state index in [1.165, 1.54) is 25.7 Å². The van der Waals surface area contributed by atoms with Crippen LogP contribution in [0.5, 0.6) is 0 Å². The van der Waals surface area contributed by atoms with E-state index in [0.29, 0.717) is 30.3 Å². The number of piperidine rings is 2. The Morgan fingerprint density at radius 1 is 1.07 bits per heavy atom. The molecule has 2 amide bonds. The molecule has 0 aromatic heterocycles. The molecule has 6 aliphatic rings. The number of amides is 2. The fourth-order valence-corrected chi connectivity index (χ4v) is 6.81. The lowest BCUT2D eigenvalue weighted by molar-refractivity contribution is -0.159. The van der Waals surface area contributed by atoms with Crippen LogP contribution in [0.3, 0.4) is 0 Å². The van der Waals surface area contributed by atoms with Crippen molar-refractivity contribution in [3.63, 3.8) is 0 Å². The predicted octanol–water partition coefficient (Wildman–Crippen LogP) is 2.77. The molecule has 0 aromatic rings. The van der Waals surface area contributed by atoms with Gasteiger partial charge in [0, 0.05) is 49.7 Å². The van der Waals surface area contributed by atoms with Crippen molar-refractivity contribution < 1.29 is 14.7 Å². The Kier molecular flexibility index (Phi) is 4.01. The summed E-state index contributed by atoms with van der Waals surface area (Å²) in [6, 6.07) is 0.516. The average Bonchev–Trinajstić information content (AvgIpc) is 2.55. The van der Waals surface area contributed by atoms with Gasteiger partial charge in [-0.15, -0.1) is 0 Å². The molecule has 6 heteroatoms. The molecule has 3 unspecified atom stereocenters. The summed E-state index contributed by atoms with van der Waals surface area (Å²) >= 11 is 0. The minimum Gasteiger partial charge on any atom is -0.465 e. The molecular formula is C21H33N3O3. The third-order valence-corrected chi connectivity index (χ3v) is 8.87. The van der Waals surface area contributed by atoms with Crippen molar-refractivity contribution in [3.05, 3.63) is 0 Å². The van der Waals surface area contributed by atoms with Crippen molar-refractivity contribution in [3.8, 4) is 0 Å². The number of fused-ring (bicyclic) bond motifs is 3. The maximum Gasteiger partial charge on any atom is 0.407 e. The van der Waals surface area contributed by atoms with Gasteiger partial charge in [-0.3, -0.25) is 9.69 Å². The van der Waals surface area contributed by atoms with Crippen LogP contribution in [0.15, 0.2) is 0 Å². The van der Waals surface area contributed by atoms with E-state index in [9.17, 15) is 14.7 Å². The summed E-state index contributed by atoms with van der Waals surface area (Å²) in [4.78, 5) is 30.9. The molecule has 4 aliphatic heterocycles. The summed E-state index contributed by atoms with van der Waals surface area (Å²) in [5.41, 5.74) is 0.122. The normalized spacial score (nSPS) is 37.7. The minimum atomic E-state index is -0.744. The molecule has 1 spiro atoms. The molecule has 2 bridgehead atoms. The van der Waals surface area contributed by atoms with Gasteiger partial charge in [0.15, 0.2) is 0 Å². The highest BCUT2D eigenvalue weighted by Crippen LogP contribution is 2.49. The Hall–Kier alpha value is -1.30. The second kappa shape index (κ2) is 6.10. The van der Waals surface area contributed by atoms with Crippen molar-refractivity contribution in [2.45, 2.75) is 81.8 Å². The van der Waals surface area contributed by atoms with Crippen LogP contribution < -0.4 is 0 Å². The molecule has 150 valence electrons. The van der Waals surface area contributed by atoms with Crippen molar-refractivity contribution in [1.29, 1.82) is 0 Å². The number of hydrogen-bond acceptors (Lipinski definition) is 3. The lowest BCUT2D eigenvalue weighted by atomic mass is 9.65.